The van der Waals surface area contributed by atoms with Crippen molar-refractivity contribution in [1.82, 2.24) is 10.2 Å². The number of hydrogen-bond acceptors (Lipinski definition) is 5. The van der Waals surface area contributed by atoms with Gasteiger partial charge in [0.15, 0.2) is 0 Å². The second kappa shape index (κ2) is 15.9. The first-order chi connectivity index (χ1) is 22.0. The molecule has 0 heterocycles. The molecule has 0 spiro atoms. The zero-order valence-electron chi connectivity index (χ0n) is 26.6. The third kappa shape index (κ3) is 8.76. The molecule has 242 valence electrons. The molecule has 0 aromatic heterocycles. The Morgan fingerprint density at radius 2 is 1.57 bits per heavy atom. The fourth-order valence-corrected chi connectivity index (χ4v) is 7.23. The van der Waals surface area contributed by atoms with Crippen LogP contribution >= 0.6 is 15.9 Å². The number of anilines is 1. The predicted octanol–water partition coefficient (Wildman–Crippen LogP) is 6.44. The van der Waals surface area contributed by atoms with Gasteiger partial charge in [-0.2, -0.15) is 0 Å². The Balaban J connectivity index is 1.81. The highest BCUT2D eigenvalue weighted by molar-refractivity contribution is 9.10. The van der Waals surface area contributed by atoms with E-state index in [-0.39, 0.29) is 23.8 Å². The maximum atomic E-state index is 14.5. The number of benzene rings is 4. The zero-order chi connectivity index (χ0) is 33.3. The third-order valence-corrected chi connectivity index (χ3v) is 9.96. The van der Waals surface area contributed by atoms with E-state index in [1.54, 1.807) is 30.3 Å². The summed E-state index contributed by atoms with van der Waals surface area (Å²) in [6.45, 7) is 5.88. The number of nitrogens with one attached hydrogen (secondary N) is 1. The van der Waals surface area contributed by atoms with Gasteiger partial charge in [-0.25, -0.2) is 8.42 Å². The summed E-state index contributed by atoms with van der Waals surface area (Å²) < 4.78 is 35.4. The summed E-state index contributed by atoms with van der Waals surface area (Å²) in [5, 5.41) is 2.97. The molecule has 1 unspecified atom stereocenters. The highest BCUT2D eigenvalue weighted by Gasteiger charge is 2.34. The number of nitrogens with zero attached hydrogens (tertiary/aromatic N) is 2. The molecule has 0 saturated heterocycles. The van der Waals surface area contributed by atoms with Crippen LogP contribution in [0.5, 0.6) is 5.75 Å². The van der Waals surface area contributed by atoms with Crippen molar-refractivity contribution >= 4 is 43.5 Å². The summed E-state index contributed by atoms with van der Waals surface area (Å²) >= 11 is 3.39. The average Bonchev–Trinajstić information content (AvgIpc) is 3.05. The van der Waals surface area contributed by atoms with Gasteiger partial charge in [-0.05, 0) is 77.7 Å². The molecule has 0 aliphatic rings. The normalized spacial score (nSPS) is 11.8. The van der Waals surface area contributed by atoms with E-state index < -0.39 is 28.5 Å². The Bertz CT molecular complexity index is 1750. The number of sulfonamides is 1. The number of hydrogen-bond donors (Lipinski definition) is 1. The summed E-state index contributed by atoms with van der Waals surface area (Å²) in [6, 6.07) is 27.8. The number of halogens is 1. The monoisotopic (exact) mass is 705 g/mol. The largest absolute Gasteiger partial charge is 0.496 e. The SMILES string of the molecule is CCCNC(=O)C(Cc1ccccc1)N(Cc1cccc(C)c1)C(=O)CN(c1ccc(C)cc1)S(=O)(=O)c1ccc(OC)c(Br)c1. The highest BCUT2D eigenvalue weighted by Crippen LogP contribution is 2.31. The van der Waals surface area contributed by atoms with Crippen molar-refractivity contribution in [3.8, 4) is 5.75 Å². The van der Waals surface area contributed by atoms with E-state index in [2.05, 4.69) is 21.2 Å². The molecule has 0 aliphatic heterocycles. The van der Waals surface area contributed by atoms with Gasteiger partial charge in [0.25, 0.3) is 10.0 Å². The van der Waals surface area contributed by atoms with Crippen molar-refractivity contribution in [1.29, 1.82) is 0 Å². The molecular formula is C36H40BrN3O5S. The van der Waals surface area contributed by atoms with E-state index in [1.165, 1.54) is 24.1 Å². The van der Waals surface area contributed by atoms with Gasteiger partial charge >= 0.3 is 0 Å². The van der Waals surface area contributed by atoms with Gasteiger partial charge in [0, 0.05) is 19.5 Å². The molecule has 2 amide bonds. The van der Waals surface area contributed by atoms with Crippen LogP contribution in [0.25, 0.3) is 0 Å². The molecule has 4 rings (SSSR count). The summed E-state index contributed by atoms with van der Waals surface area (Å²) in [4.78, 5) is 29.8. The predicted molar refractivity (Wildman–Crippen MR) is 185 cm³/mol. The molecule has 0 saturated carbocycles. The van der Waals surface area contributed by atoms with Crippen LogP contribution in [0, 0.1) is 13.8 Å². The van der Waals surface area contributed by atoms with Crippen LogP contribution in [0.1, 0.15) is 35.6 Å². The molecule has 1 N–H and O–H groups in total. The molecule has 0 aliphatic carbocycles. The molecule has 10 heteroatoms. The maximum Gasteiger partial charge on any atom is 0.264 e. The van der Waals surface area contributed by atoms with Crippen LogP contribution in [0.2, 0.25) is 0 Å². The Morgan fingerprint density at radius 3 is 2.20 bits per heavy atom. The van der Waals surface area contributed by atoms with E-state index >= 15 is 0 Å². The minimum absolute atomic E-state index is 0.0136. The van der Waals surface area contributed by atoms with Crippen LogP contribution < -0.4 is 14.4 Å². The van der Waals surface area contributed by atoms with Gasteiger partial charge in [0.1, 0.15) is 18.3 Å². The topological polar surface area (TPSA) is 96.0 Å². The number of methoxy groups -OCH3 is 1. The fourth-order valence-electron chi connectivity index (χ4n) is 5.10. The average molecular weight is 707 g/mol. The van der Waals surface area contributed by atoms with Gasteiger partial charge in [-0.15, -0.1) is 0 Å². The first-order valence-electron chi connectivity index (χ1n) is 15.1. The lowest BCUT2D eigenvalue weighted by Gasteiger charge is -2.34. The molecule has 8 nitrogen and oxygen atoms in total. The Kier molecular flexibility index (Phi) is 12.0. The second-order valence-electron chi connectivity index (χ2n) is 11.2. The van der Waals surface area contributed by atoms with Crippen molar-refractivity contribution in [2.45, 2.75) is 51.1 Å². The molecule has 1 atom stereocenters. The summed E-state index contributed by atoms with van der Waals surface area (Å²) in [7, 11) is -2.74. The smallest absolute Gasteiger partial charge is 0.264 e. The lowest BCUT2D eigenvalue weighted by atomic mass is 10.0. The van der Waals surface area contributed by atoms with Crippen LogP contribution in [-0.2, 0) is 32.6 Å². The number of aryl methyl sites for hydroxylation is 2. The summed E-state index contributed by atoms with van der Waals surface area (Å²) in [5.74, 6) is -0.329. The highest BCUT2D eigenvalue weighted by atomic mass is 79.9. The number of carbonyl (C=O) groups excluding carboxylic acids is 2. The maximum absolute atomic E-state index is 14.5. The van der Waals surface area contributed by atoms with E-state index in [0.717, 1.165) is 33.0 Å². The molecule has 0 radical (unpaired) electrons. The van der Waals surface area contributed by atoms with Crippen molar-refractivity contribution < 1.29 is 22.7 Å². The van der Waals surface area contributed by atoms with Gasteiger partial charge in [0.2, 0.25) is 11.8 Å². The standard InChI is InChI=1S/C36H40BrN3O5S/c1-5-20-38-36(42)33(22-28-11-7-6-8-12-28)39(24-29-13-9-10-27(3)21-29)35(41)25-40(30-16-14-26(2)15-17-30)46(43,44)31-18-19-34(45-4)32(37)23-31/h6-19,21,23,33H,5,20,22,24-25H2,1-4H3,(H,38,42). The number of carbonyl (C=O) groups is 2. The molecular weight excluding hydrogens is 666 g/mol. The number of amides is 2. The quantitative estimate of drug-likeness (QED) is 0.163. The minimum Gasteiger partial charge on any atom is -0.496 e. The van der Waals surface area contributed by atoms with Crippen molar-refractivity contribution in [3.63, 3.8) is 0 Å². The Labute approximate surface area is 280 Å². The number of ether oxygens (including phenoxy) is 1. The zero-order valence-corrected chi connectivity index (χ0v) is 29.0. The first kappa shape index (κ1) is 34.7. The molecule has 4 aromatic rings. The third-order valence-electron chi connectivity index (χ3n) is 7.57. The van der Waals surface area contributed by atoms with E-state index in [0.29, 0.717) is 22.5 Å². The first-order valence-corrected chi connectivity index (χ1v) is 17.4. The van der Waals surface area contributed by atoms with Gasteiger partial charge < -0.3 is 15.0 Å². The fraction of sp³-hybridized carbons (Fsp3) is 0.278. The Morgan fingerprint density at radius 1 is 0.870 bits per heavy atom. The lowest BCUT2D eigenvalue weighted by molar-refractivity contribution is -0.140. The molecule has 0 bridgehead atoms. The Hall–Kier alpha value is -4.15. The van der Waals surface area contributed by atoms with E-state index in [4.69, 9.17) is 4.74 Å². The van der Waals surface area contributed by atoms with Gasteiger partial charge in [-0.1, -0.05) is 84.8 Å². The summed E-state index contributed by atoms with van der Waals surface area (Å²) in [6.07, 6.45) is 0.989. The van der Waals surface area contributed by atoms with Crippen molar-refractivity contribution in [2.24, 2.45) is 0 Å². The summed E-state index contributed by atoms with van der Waals surface area (Å²) in [5.41, 5.74) is 3.99. The van der Waals surface area contributed by atoms with Gasteiger partial charge in [0.05, 0.1) is 22.2 Å². The van der Waals surface area contributed by atoms with E-state index in [9.17, 15) is 18.0 Å². The van der Waals surface area contributed by atoms with Crippen LogP contribution in [0.4, 0.5) is 5.69 Å². The van der Waals surface area contributed by atoms with Crippen LogP contribution in [-0.4, -0.2) is 51.4 Å². The van der Waals surface area contributed by atoms with Crippen LogP contribution in [0.3, 0.4) is 0 Å². The second-order valence-corrected chi connectivity index (χ2v) is 13.9. The molecule has 46 heavy (non-hydrogen) atoms. The van der Waals surface area contributed by atoms with Crippen LogP contribution in [0.15, 0.2) is 106 Å². The molecule has 4 aromatic carbocycles. The van der Waals surface area contributed by atoms with E-state index in [1.807, 2.05) is 75.4 Å². The van der Waals surface area contributed by atoms with Gasteiger partial charge in [-0.3, -0.25) is 13.9 Å². The van der Waals surface area contributed by atoms with Crippen molar-refractivity contribution in [2.75, 3.05) is 24.5 Å². The minimum atomic E-state index is -4.24. The van der Waals surface area contributed by atoms with Crippen molar-refractivity contribution in [3.05, 3.63) is 124 Å². The number of rotatable bonds is 14. The lowest BCUT2D eigenvalue weighted by Crippen LogP contribution is -2.53. The molecule has 0 fully saturated rings.